The maximum atomic E-state index is 14.1. The molecule has 2 bridgehead atoms. The molecule has 6 heteroatoms. The maximum absolute atomic E-state index is 14.1. The number of hydrogen-bond donors (Lipinski definition) is 1. The first-order valence-corrected chi connectivity index (χ1v) is 6.15. The van der Waals surface area contributed by atoms with E-state index in [-0.39, 0.29) is 23.4 Å². The number of anilines is 2. The first kappa shape index (κ1) is 12.2. The molecule has 102 valence electrons. The molecule has 2 fully saturated rings. The van der Waals surface area contributed by atoms with Crippen LogP contribution in [0.2, 0.25) is 0 Å². The molecule has 0 radical (unpaired) electrons. The molecule has 2 aliphatic heterocycles. The summed E-state index contributed by atoms with van der Waals surface area (Å²) in [5.41, 5.74) is 6.34. The largest absolute Gasteiger partial charge is 0.465 e. The fourth-order valence-corrected chi connectivity index (χ4v) is 2.78. The Morgan fingerprint density at radius 3 is 2.95 bits per heavy atom. The van der Waals surface area contributed by atoms with Crippen molar-refractivity contribution in [3.05, 3.63) is 23.5 Å². The van der Waals surface area contributed by atoms with E-state index in [1.807, 2.05) is 4.90 Å². The van der Waals surface area contributed by atoms with Crippen LogP contribution in [0.25, 0.3) is 0 Å². The van der Waals surface area contributed by atoms with Crippen molar-refractivity contribution in [3.63, 3.8) is 0 Å². The summed E-state index contributed by atoms with van der Waals surface area (Å²) in [6.07, 6.45) is 1.06. The van der Waals surface area contributed by atoms with Crippen molar-refractivity contribution in [2.45, 2.75) is 18.6 Å². The lowest BCUT2D eigenvalue weighted by atomic mass is 10.1. The summed E-state index contributed by atoms with van der Waals surface area (Å²) in [5, 5.41) is 0. The van der Waals surface area contributed by atoms with E-state index in [0.717, 1.165) is 6.42 Å². The van der Waals surface area contributed by atoms with E-state index in [1.165, 1.54) is 19.2 Å². The van der Waals surface area contributed by atoms with Crippen LogP contribution in [-0.2, 0) is 9.47 Å². The number of ether oxygens (including phenoxy) is 2. The average Bonchev–Trinajstić information content (AvgIpc) is 3.00. The number of halogens is 1. The minimum Gasteiger partial charge on any atom is -0.465 e. The summed E-state index contributed by atoms with van der Waals surface area (Å²) in [6, 6.07) is 2.82. The highest BCUT2D eigenvalue weighted by molar-refractivity contribution is 5.96. The van der Waals surface area contributed by atoms with E-state index in [1.54, 1.807) is 0 Å². The molecular weight excluding hydrogens is 251 g/mol. The van der Waals surface area contributed by atoms with Gasteiger partial charge < -0.3 is 20.1 Å². The number of nitrogens with zero attached hydrogens (tertiary/aromatic N) is 1. The lowest BCUT2D eigenvalue weighted by molar-refractivity contribution is 0.0602. The molecule has 5 nitrogen and oxygen atoms in total. The van der Waals surface area contributed by atoms with Crippen LogP contribution in [0.15, 0.2) is 12.1 Å². The van der Waals surface area contributed by atoms with Gasteiger partial charge >= 0.3 is 5.97 Å². The summed E-state index contributed by atoms with van der Waals surface area (Å²) in [5.74, 6) is -0.975. The SMILES string of the molecule is COC(=O)c1cc(N2C[C@@H]3C[C@H]2CO3)c(F)cc1N. The van der Waals surface area contributed by atoms with Gasteiger partial charge in [-0.1, -0.05) is 0 Å². The van der Waals surface area contributed by atoms with Gasteiger partial charge in [-0.25, -0.2) is 9.18 Å². The lowest BCUT2D eigenvalue weighted by Gasteiger charge is -2.29. The first-order chi connectivity index (χ1) is 9.10. The third-order valence-corrected chi connectivity index (χ3v) is 3.73. The van der Waals surface area contributed by atoms with Gasteiger partial charge in [0.25, 0.3) is 0 Å². The monoisotopic (exact) mass is 266 g/mol. The molecule has 0 spiro atoms. The Bertz CT molecular complexity index is 535. The van der Waals surface area contributed by atoms with Crippen LogP contribution in [0.4, 0.5) is 15.8 Å². The minimum absolute atomic E-state index is 0.0914. The number of benzene rings is 1. The number of esters is 1. The minimum atomic E-state index is -0.556. The predicted molar refractivity (Wildman–Crippen MR) is 67.6 cm³/mol. The molecule has 0 amide bonds. The smallest absolute Gasteiger partial charge is 0.340 e. The molecule has 2 saturated heterocycles. The fourth-order valence-electron chi connectivity index (χ4n) is 2.78. The zero-order chi connectivity index (χ0) is 13.6. The summed E-state index contributed by atoms with van der Waals surface area (Å²) in [6.45, 7) is 1.24. The van der Waals surface area contributed by atoms with E-state index >= 15 is 0 Å². The van der Waals surface area contributed by atoms with Crippen LogP contribution >= 0.6 is 0 Å². The van der Waals surface area contributed by atoms with Crippen molar-refractivity contribution in [3.8, 4) is 0 Å². The molecule has 3 rings (SSSR count). The van der Waals surface area contributed by atoms with Crippen LogP contribution in [0, 0.1) is 5.82 Å². The molecule has 1 aromatic carbocycles. The van der Waals surface area contributed by atoms with Crippen molar-refractivity contribution in [1.29, 1.82) is 0 Å². The molecule has 0 aromatic heterocycles. The van der Waals surface area contributed by atoms with Crippen molar-refractivity contribution in [2.75, 3.05) is 30.9 Å². The van der Waals surface area contributed by atoms with Crippen LogP contribution in [-0.4, -0.2) is 38.4 Å². The number of nitrogen functional groups attached to an aromatic ring is 1. The third-order valence-electron chi connectivity index (χ3n) is 3.73. The molecule has 2 N–H and O–H groups in total. The molecule has 1 aromatic rings. The molecular formula is C13H15FN2O3. The van der Waals surface area contributed by atoms with E-state index in [9.17, 15) is 9.18 Å². The molecule has 0 aliphatic carbocycles. The van der Waals surface area contributed by atoms with E-state index in [0.29, 0.717) is 18.8 Å². The molecule has 2 atom stereocenters. The van der Waals surface area contributed by atoms with Crippen molar-refractivity contribution < 1.29 is 18.7 Å². The second-order valence-corrected chi connectivity index (χ2v) is 4.88. The van der Waals surface area contributed by atoms with Crippen molar-refractivity contribution in [1.82, 2.24) is 0 Å². The number of carbonyl (C=O) groups is 1. The van der Waals surface area contributed by atoms with Gasteiger partial charge in [0, 0.05) is 12.2 Å². The molecule has 19 heavy (non-hydrogen) atoms. The van der Waals surface area contributed by atoms with Gasteiger partial charge in [0.15, 0.2) is 0 Å². The Labute approximate surface area is 110 Å². The number of fused-ring (bicyclic) bond motifs is 2. The van der Waals surface area contributed by atoms with Crippen LogP contribution in [0.3, 0.4) is 0 Å². The highest BCUT2D eigenvalue weighted by Gasteiger charge is 2.40. The summed E-state index contributed by atoms with van der Waals surface area (Å²) < 4.78 is 24.2. The van der Waals surface area contributed by atoms with E-state index in [4.69, 9.17) is 10.5 Å². The van der Waals surface area contributed by atoms with Crippen LogP contribution < -0.4 is 10.6 Å². The zero-order valence-electron chi connectivity index (χ0n) is 10.6. The zero-order valence-corrected chi connectivity index (χ0v) is 10.6. The lowest BCUT2D eigenvalue weighted by Crippen LogP contribution is -2.37. The van der Waals surface area contributed by atoms with Gasteiger partial charge in [0.1, 0.15) is 5.82 Å². The Morgan fingerprint density at radius 2 is 2.37 bits per heavy atom. The van der Waals surface area contributed by atoms with E-state index < -0.39 is 11.8 Å². The predicted octanol–water partition coefficient (Wildman–Crippen LogP) is 1.17. The van der Waals surface area contributed by atoms with Gasteiger partial charge in [0.05, 0.1) is 37.1 Å². The molecule has 0 unspecified atom stereocenters. The quantitative estimate of drug-likeness (QED) is 0.643. The maximum Gasteiger partial charge on any atom is 0.340 e. The van der Waals surface area contributed by atoms with Gasteiger partial charge in [-0.15, -0.1) is 0 Å². The number of methoxy groups -OCH3 is 1. The number of nitrogens with two attached hydrogens (primary N) is 1. The summed E-state index contributed by atoms with van der Waals surface area (Å²) in [7, 11) is 1.27. The Morgan fingerprint density at radius 1 is 1.58 bits per heavy atom. The fraction of sp³-hybridized carbons (Fsp3) is 0.462. The van der Waals surface area contributed by atoms with Crippen molar-refractivity contribution in [2.24, 2.45) is 0 Å². The number of hydrogen-bond acceptors (Lipinski definition) is 5. The molecule has 0 saturated carbocycles. The highest BCUT2D eigenvalue weighted by Crippen LogP contribution is 2.35. The second-order valence-electron chi connectivity index (χ2n) is 4.88. The summed E-state index contributed by atoms with van der Waals surface area (Å²) in [4.78, 5) is 13.5. The Balaban J connectivity index is 1.99. The topological polar surface area (TPSA) is 64.8 Å². The van der Waals surface area contributed by atoms with Crippen LogP contribution in [0.5, 0.6) is 0 Å². The second kappa shape index (κ2) is 4.38. The summed E-state index contributed by atoms with van der Waals surface area (Å²) >= 11 is 0. The molecule has 2 heterocycles. The highest BCUT2D eigenvalue weighted by atomic mass is 19.1. The van der Waals surface area contributed by atoms with Gasteiger partial charge in [0.2, 0.25) is 0 Å². The average molecular weight is 266 g/mol. The van der Waals surface area contributed by atoms with Gasteiger partial charge in [-0.3, -0.25) is 0 Å². The van der Waals surface area contributed by atoms with Crippen LogP contribution in [0.1, 0.15) is 16.8 Å². The Hall–Kier alpha value is -1.82. The number of rotatable bonds is 2. The number of carbonyl (C=O) groups excluding carboxylic acids is 1. The number of morpholine rings is 1. The first-order valence-electron chi connectivity index (χ1n) is 6.15. The van der Waals surface area contributed by atoms with Gasteiger partial charge in [-0.05, 0) is 18.6 Å². The molecule has 2 aliphatic rings. The standard InChI is InChI=1S/C13H15FN2O3/c1-18-13(17)9-3-12(10(14)4-11(9)15)16-5-8-2-7(16)6-19-8/h3-4,7-8H,2,5-6,15H2,1H3/t7-,8-/m0/s1. The normalized spacial score (nSPS) is 24.8. The van der Waals surface area contributed by atoms with Crippen molar-refractivity contribution >= 4 is 17.3 Å². The van der Waals surface area contributed by atoms with Gasteiger partial charge in [-0.2, -0.15) is 0 Å². The third kappa shape index (κ3) is 1.92. The van der Waals surface area contributed by atoms with E-state index in [2.05, 4.69) is 4.74 Å². The Kier molecular flexibility index (Phi) is 2.82.